The van der Waals surface area contributed by atoms with Crippen LogP contribution in [-0.4, -0.2) is 20.7 Å². The molecule has 88 valence electrons. The summed E-state index contributed by atoms with van der Waals surface area (Å²) in [4.78, 5) is 15.8. The largest absolute Gasteiger partial charge is 0.319 e. The molecule has 1 amide bonds. The molecule has 0 aliphatic rings. The second-order valence-corrected chi connectivity index (χ2v) is 4.22. The standard InChI is InChI=1S/C11H11BrN4O/c1-2-16-7-9(6-14-16)15-11(17)8-3-4-13-10(12)5-8/h3-7H,2H2,1H3,(H,15,17). The number of amides is 1. The van der Waals surface area contributed by atoms with E-state index in [1.165, 1.54) is 0 Å². The molecule has 1 N–H and O–H groups in total. The van der Waals surface area contributed by atoms with Gasteiger partial charge in [0.25, 0.3) is 5.91 Å². The third kappa shape index (κ3) is 2.91. The third-order valence-electron chi connectivity index (χ3n) is 2.20. The number of halogens is 1. The Morgan fingerprint density at radius 1 is 1.59 bits per heavy atom. The average molecular weight is 295 g/mol. The molecule has 2 heterocycles. The highest BCUT2D eigenvalue weighted by Crippen LogP contribution is 2.11. The summed E-state index contributed by atoms with van der Waals surface area (Å²) in [5.74, 6) is -0.177. The van der Waals surface area contributed by atoms with E-state index in [4.69, 9.17) is 0 Å². The number of hydrogen-bond acceptors (Lipinski definition) is 3. The van der Waals surface area contributed by atoms with Crippen LogP contribution in [0, 0.1) is 0 Å². The maximum atomic E-state index is 11.9. The molecule has 0 saturated carbocycles. The molecule has 0 unspecified atom stereocenters. The van der Waals surface area contributed by atoms with Crippen molar-refractivity contribution >= 4 is 27.5 Å². The first-order chi connectivity index (χ1) is 8.19. The predicted molar refractivity (Wildman–Crippen MR) is 67.8 cm³/mol. The summed E-state index contributed by atoms with van der Waals surface area (Å²) in [5.41, 5.74) is 1.24. The van der Waals surface area contributed by atoms with Crippen molar-refractivity contribution in [3.8, 4) is 0 Å². The number of carbonyl (C=O) groups is 1. The number of rotatable bonds is 3. The Morgan fingerprint density at radius 3 is 3.06 bits per heavy atom. The summed E-state index contributed by atoms with van der Waals surface area (Å²) in [6, 6.07) is 3.32. The van der Waals surface area contributed by atoms with E-state index in [9.17, 15) is 4.79 Å². The van der Waals surface area contributed by atoms with Gasteiger partial charge in [-0.25, -0.2) is 4.98 Å². The molecule has 0 bridgehead atoms. The van der Waals surface area contributed by atoms with Crippen LogP contribution in [0.3, 0.4) is 0 Å². The SMILES string of the molecule is CCn1cc(NC(=O)c2ccnc(Br)c2)cn1. The van der Waals surface area contributed by atoms with Gasteiger partial charge >= 0.3 is 0 Å². The molecule has 0 atom stereocenters. The van der Waals surface area contributed by atoms with Gasteiger partial charge in [-0.1, -0.05) is 0 Å². The minimum Gasteiger partial charge on any atom is -0.319 e. The molecule has 5 nitrogen and oxygen atoms in total. The van der Waals surface area contributed by atoms with E-state index in [1.807, 2.05) is 6.92 Å². The maximum Gasteiger partial charge on any atom is 0.255 e. The Hall–Kier alpha value is -1.69. The topological polar surface area (TPSA) is 59.8 Å². The van der Waals surface area contributed by atoms with Crippen LogP contribution >= 0.6 is 15.9 Å². The summed E-state index contributed by atoms with van der Waals surface area (Å²) in [6.07, 6.45) is 4.99. The molecule has 2 aromatic rings. The van der Waals surface area contributed by atoms with Crippen LogP contribution in [0.2, 0.25) is 0 Å². The molecule has 0 spiro atoms. The van der Waals surface area contributed by atoms with E-state index < -0.39 is 0 Å². The highest BCUT2D eigenvalue weighted by atomic mass is 79.9. The molecule has 0 aliphatic heterocycles. The van der Waals surface area contributed by atoms with E-state index in [2.05, 4.69) is 31.3 Å². The number of carbonyl (C=O) groups excluding carboxylic acids is 1. The summed E-state index contributed by atoms with van der Waals surface area (Å²) in [7, 11) is 0. The third-order valence-corrected chi connectivity index (χ3v) is 2.64. The van der Waals surface area contributed by atoms with Gasteiger partial charge in [-0.15, -0.1) is 0 Å². The van der Waals surface area contributed by atoms with Gasteiger partial charge in [-0.05, 0) is 35.0 Å². The minimum atomic E-state index is -0.177. The fourth-order valence-corrected chi connectivity index (χ4v) is 1.71. The van der Waals surface area contributed by atoms with Crippen molar-refractivity contribution in [1.29, 1.82) is 0 Å². The second kappa shape index (κ2) is 5.09. The Balaban J connectivity index is 2.11. The monoisotopic (exact) mass is 294 g/mol. The molecule has 0 fully saturated rings. The smallest absolute Gasteiger partial charge is 0.255 e. The van der Waals surface area contributed by atoms with Crippen molar-refractivity contribution in [3.05, 3.63) is 40.9 Å². The Bertz CT molecular complexity index is 538. The maximum absolute atomic E-state index is 11.9. The molecule has 17 heavy (non-hydrogen) atoms. The fourth-order valence-electron chi connectivity index (χ4n) is 1.35. The normalized spacial score (nSPS) is 10.2. The molecule has 2 rings (SSSR count). The average Bonchev–Trinajstić information content (AvgIpc) is 2.77. The zero-order valence-corrected chi connectivity index (χ0v) is 10.8. The first-order valence-electron chi connectivity index (χ1n) is 5.14. The van der Waals surface area contributed by atoms with Crippen LogP contribution in [0.4, 0.5) is 5.69 Å². The highest BCUT2D eigenvalue weighted by molar-refractivity contribution is 9.10. The van der Waals surface area contributed by atoms with Gasteiger partial charge in [0.1, 0.15) is 4.60 Å². The summed E-state index contributed by atoms with van der Waals surface area (Å²) >= 11 is 3.22. The minimum absolute atomic E-state index is 0.177. The van der Waals surface area contributed by atoms with Gasteiger partial charge in [-0.3, -0.25) is 9.48 Å². The first-order valence-corrected chi connectivity index (χ1v) is 5.93. The van der Waals surface area contributed by atoms with Crippen LogP contribution in [0.1, 0.15) is 17.3 Å². The molecule has 0 radical (unpaired) electrons. The number of hydrogen-bond donors (Lipinski definition) is 1. The molecule has 6 heteroatoms. The van der Waals surface area contributed by atoms with Crippen molar-refractivity contribution in [2.75, 3.05) is 5.32 Å². The first kappa shape index (κ1) is 11.8. The van der Waals surface area contributed by atoms with E-state index in [0.29, 0.717) is 15.9 Å². The lowest BCUT2D eigenvalue weighted by Crippen LogP contribution is -2.11. The van der Waals surface area contributed by atoms with Crippen LogP contribution in [0.25, 0.3) is 0 Å². The molecule has 0 saturated heterocycles. The molecular weight excluding hydrogens is 284 g/mol. The second-order valence-electron chi connectivity index (χ2n) is 3.41. The summed E-state index contributed by atoms with van der Waals surface area (Å²) < 4.78 is 2.38. The Labute approximate surface area is 107 Å². The summed E-state index contributed by atoms with van der Waals surface area (Å²) in [5, 5.41) is 6.85. The van der Waals surface area contributed by atoms with Crippen LogP contribution in [-0.2, 0) is 6.54 Å². The van der Waals surface area contributed by atoms with E-state index in [-0.39, 0.29) is 5.91 Å². The number of aromatic nitrogens is 3. The van der Waals surface area contributed by atoms with Gasteiger partial charge in [0.15, 0.2) is 0 Å². The molecule has 0 aromatic carbocycles. The Morgan fingerprint density at radius 2 is 2.41 bits per heavy atom. The van der Waals surface area contributed by atoms with Crippen molar-refractivity contribution in [1.82, 2.24) is 14.8 Å². The van der Waals surface area contributed by atoms with E-state index in [0.717, 1.165) is 6.54 Å². The Kier molecular flexibility index (Phi) is 3.53. The van der Waals surface area contributed by atoms with E-state index >= 15 is 0 Å². The van der Waals surface area contributed by atoms with Gasteiger partial charge in [-0.2, -0.15) is 5.10 Å². The van der Waals surface area contributed by atoms with Gasteiger partial charge < -0.3 is 5.32 Å². The van der Waals surface area contributed by atoms with Gasteiger partial charge in [0.05, 0.1) is 11.9 Å². The van der Waals surface area contributed by atoms with Crippen molar-refractivity contribution in [3.63, 3.8) is 0 Å². The van der Waals surface area contributed by atoms with Gasteiger partial charge in [0, 0.05) is 24.5 Å². The zero-order valence-electron chi connectivity index (χ0n) is 9.22. The van der Waals surface area contributed by atoms with Crippen molar-refractivity contribution in [2.45, 2.75) is 13.5 Å². The number of anilines is 1. The predicted octanol–water partition coefficient (Wildman–Crippen LogP) is 2.31. The number of aryl methyl sites for hydroxylation is 1. The lowest BCUT2D eigenvalue weighted by atomic mass is 10.2. The van der Waals surface area contributed by atoms with E-state index in [1.54, 1.807) is 35.4 Å². The quantitative estimate of drug-likeness (QED) is 0.884. The van der Waals surface area contributed by atoms with Gasteiger partial charge in [0.2, 0.25) is 0 Å². The number of nitrogens with zero attached hydrogens (tertiary/aromatic N) is 3. The lowest BCUT2D eigenvalue weighted by molar-refractivity contribution is 0.102. The molecule has 0 aliphatic carbocycles. The van der Waals surface area contributed by atoms with Crippen LogP contribution in [0.5, 0.6) is 0 Å². The molecule has 2 aromatic heterocycles. The number of pyridine rings is 1. The van der Waals surface area contributed by atoms with Crippen LogP contribution < -0.4 is 5.32 Å². The zero-order chi connectivity index (χ0) is 12.3. The van der Waals surface area contributed by atoms with Crippen LogP contribution in [0.15, 0.2) is 35.3 Å². The van der Waals surface area contributed by atoms with Crippen molar-refractivity contribution in [2.24, 2.45) is 0 Å². The lowest BCUT2D eigenvalue weighted by Gasteiger charge is -2.02. The molecular formula is C11H11BrN4O. The summed E-state index contributed by atoms with van der Waals surface area (Å²) in [6.45, 7) is 2.76. The fraction of sp³-hybridized carbons (Fsp3) is 0.182. The highest BCUT2D eigenvalue weighted by Gasteiger charge is 2.07. The number of nitrogens with one attached hydrogen (secondary N) is 1. The van der Waals surface area contributed by atoms with Crippen molar-refractivity contribution < 1.29 is 4.79 Å².